The van der Waals surface area contributed by atoms with E-state index in [1.807, 2.05) is 6.07 Å². The van der Waals surface area contributed by atoms with E-state index in [9.17, 15) is 13.2 Å². The Morgan fingerprint density at radius 2 is 2.04 bits per heavy atom. The summed E-state index contributed by atoms with van der Waals surface area (Å²) in [5, 5.41) is 2.64. The molecule has 0 fully saturated rings. The number of nitrogens with one attached hydrogen (secondary N) is 1. The maximum atomic E-state index is 12.5. The highest BCUT2D eigenvalue weighted by atomic mass is 127. The Morgan fingerprint density at radius 1 is 1.33 bits per heavy atom. The molecule has 3 N–H and O–H groups in total. The molecule has 148 valence electrons. The van der Waals surface area contributed by atoms with Crippen molar-refractivity contribution in [3.8, 4) is 11.6 Å². The van der Waals surface area contributed by atoms with Gasteiger partial charge in [-0.25, -0.2) is 9.98 Å². The lowest BCUT2D eigenvalue weighted by molar-refractivity contribution is -0.137. The van der Waals surface area contributed by atoms with Crippen LogP contribution in [0.2, 0.25) is 5.02 Å². The highest BCUT2D eigenvalue weighted by molar-refractivity contribution is 14.0. The number of ether oxygens (including phenoxy) is 2. The van der Waals surface area contributed by atoms with Gasteiger partial charge in [-0.15, -0.1) is 24.0 Å². The first-order chi connectivity index (χ1) is 12.3. The maximum Gasteiger partial charge on any atom is 0.417 e. The number of halogens is 5. The van der Waals surface area contributed by atoms with Crippen LogP contribution < -0.4 is 20.5 Å². The van der Waals surface area contributed by atoms with Crippen molar-refractivity contribution in [1.29, 1.82) is 0 Å². The molecule has 0 unspecified atom stereocenters. The molecule has 0 radical (unpaired) electrons. The first kappa shape index (κ1) is 23.1. The van der Waals surface area contributed by atoms with Gasteiger partial charge < -0.3 is 20.5 Å². The van der Waals surface area contributed by atoms with Crippen molar-refractivity contribution >= 4 is 47.2 Å². The summed E-state index contributed by atoms with van der Waals surface area (Å²) in [5.74, 6) is 0.623. The second-order valence-electron chi connectivity index (χ2n) is 4.95. The summed E-state index contributed by atoms with van der Waals surface area (Å²) in [7, 11) is 1.53. The predicted molar refractivity (Wildman–Crippen MR) is 108 cm³/mol. The smallest absolute Gasteiger partial charge is 0.417 e. The van der Waals surface area contributed by atoms with Crippen LogP contribution in [0.25, 0.3) is 0 Å². The fraction of sp³-hybridized carbons (Fsp3) is 0.250. The molecule has 27 heavy (non-hydrogen) atoms. The van der Waals surface area contributed by atoms with Gasteiger partial charge in [-0.2, -0.15) is 13.2 Å². The second-order valence-corrected chi connectivity index (χ2v) is 5.36. The summed E-state index contributed by atoms with van der Waals surface area (Å²) >= 11 is 5.74. The zero-order valence-electron chi connectivity index (χ0n) is 14.1. The van der Waals surface area contributed by atoms with Crippen LogP contribution in [0.15, 0.2) is 41.5 Å². The molecule has 0 aliphatic carbocycles. The lowest BCUT2D eigenvalue weighted by Crippen LogP contribution is -2.24. The molecule has 1 heterocycles. The number of para-hydroxylation sites is 2. The highest BCUT2D eigenvalue weighted by Gasteiger charge is 2.31. The number of guanidine groups is 1. The van der Waals surface area contributed by atoms with Crippen molar-refractivity contribution in [1.82, 2.24) is 4.98 Å². The minimum Gasteiger partial charge on any atom is -0.495 e. The average molecular weight is 517 g/mol. The first-order valence-electron chi connectivity index (χ1n) is 7.36. The van der Waals surface area contributed by atoms with Crippen LogP contribution in [-0.2, 0) is 6.18 Å². The van der Waals surface area contributed by atoms with Crippen molar-refractivity contribution in [2.45, 2.75) is 6.18 Å². The molecule has 11 heteroatoms. The van der Waals surface area contributed by atoms with Crippen molar-refractivity contribution < 1.29 is 22.6 Å². The van der Waals surface area contributed by atoms with Crippen molar-refractivity contribution in [3.05, 3.63) is 47.1 Å². The normalized spacial score (nSPS) is 11.5. The van der Waals surface area contributed by atoms with E-state index in [0.29, 0.717) is 17.6 Å². The molecule has 1 aromatic carbocycles. The van der Waals surface area contributed by atoms with Crippen LogP contribution in [0.5, 0.6) is 11.6 Å². The van der Waals surface area contributed by atoms with Gasteiger partial charge in [0.2, 0.25) is 5.88 Å². The largest absolute Gasteiger partial charge is 0.495 e. The molecule has 0 atom stereocenters. The van der Waals surface area contributed by atoms with Crippen LogP contribution in [0.1, 0.15) is 5.56 Å². The number of nitrogens with two attached hydrogens (primary N) is 1. The summed E-state index contributed by atoms with van der Waals surface area (Å²) in [5.41, 5.74) is 5.46. The Morgan fingerprint density at radius 3 is 2.67 bits per heavy atom. The third-order valence-corrected chi connectivity index (χ3v) is 3.39. The molecule has 0 aliphatic heterocycles. The Labute approximate surface area is 175 Å². The molecule has 0 spiro atoms. The quantitative estimate of drug-likeness (QED) is 0.261. The number of benzene rings is 1. The van der Waals surface area contributed by atoms with E-state index in [-0.39, 0.29) is 54.0 Å². The van der Waals surface area contributed by atoms with E-state index in [1.165, 1.54) is 7.11 Å². The van der Waals surface area contributed by atoms with Gasteiger partial charge >= 0.3 is 6.18 Å². The number of alkyl halides is 3. The van der Waals surface area contributed by atoms with Crippen LogP contribution in [0, 0.1) is 0 Å². The minimum atomic E-state index is -4.52. The number of nitrogens with zero attached hydrogens (tertiary/aromatic N) is 2. The summed E-state index contributed by atoms with van der Waals surface area (Å²) < 4.78 is 48.0. The van der Waals surface area contributed by atoms with E-state index < -0.39 is 11.7 Å². The molecule has 2 rings (SSSR count). The fourth-order valence-electron chi connectivity index (χ4n) is 1.92. The lowest BCUT2D eigenvalue weighted by Gasteiger charge is -2.11. The van der Waals surface area contributed by atoms with Crippen molar-refractivity contribution in [2.24, 2.45) is 10.7 Å². The summed E-state index contributed by atoms with van der Waals surface area (Å²) in [4.78, 5) is 7.61. The Hall–Kier alpha value is -1.95. The third kappa shape index (κ3) is 6.94. The molecule has 0 saturated carbocycles. The molecule has 0 bridgehead atoms. The fourth-order valence-corrected chi connectivity index (χ4v) is 2.14. The minimum absolute atomic E-state index is 0. The van der Waals surface area contributed by atoms with E-state index in [1.54, 1.807) is 18.2 Å². The summed E-state index contributed by atoms with van der Waals surface area (Å²) in [6.45, 7) is 0.180. The molecule has 1 aromatic heterocycles. The summed E-state index contributed by atoms with van der Waals surface area (Å²) in [6, 6.07) is 7.90. The van der Waals surface area contributed by atoms with E-state index in [2.05, 4.69) is 15.3 Å². The molecular formula is C16H17ClF3IN4O2. The Kier molecular flexibility index (Phi) is 8.89. The van der Waals surface area contributed by atoms with Crippen molar-refractivity contribution in [2.75, 3.05) is 25.6 Å². The summed E-state index contributed by atoms with van der Waals surface area (Å²) in [6.07, 6.45) is -3.86. The lowest BCUT2D eigenvalue weighted by atomic mass is 10.3. The van der Waals surface area contributed by atoms with E-state index >= 15 is 0 Å². The molecule has 2 aromatic rings. The van der Waals surface area contributed by atoms with Gasteiger partial charge in [0.15, 0.2) is 5.96 Å². The van der Waals surface area contributed by atoms with E-state index in [4.69, 9.17) is 26.8 Å². The van der Waals surface area contributed by atoms with Crippen LogP contribution in [0.4, 0.5) is 18.9 Å². The molecule has 0 aliphatic rings. The number of anilines is 1. The standard InChI is InChI=1S/C16H16ClF3N4O2.HI/c1-25-13-5-3-2-4-12(13)24-15(21)22-6-7-26-14-11(17)8-10(9-23-14)16(18,19)20;/h2-5,8-9H,6-7H2,1H3,(H3,21,22,24);1H. The van der Waals surface area contributed by atoms with Gasteiger partial charge in [0.05, 0.1) is 24.9 Å². The number of aliphatic imine (C=N–C) groups is 1. The topological polar surface area (TPSA) is 81.8 Å². The van der Waals surface area contributed by atoms with Gasteiger partial charge in [0, 0.05) is 6.20 Å². The van der Waals surface area contributed by atoms with Gasteiger partial charge in [0.25, 0.3) is 0 Å². The van der Waals surface area contributed by atoms with Crippen molar-refractivity contribution in [3.63, 3.8) is 0 Å². The number of pyridine rings is 1. The number of rotatable bonds is 6. The van der Waals surface area contributed by atoms with Gasteiger partial charge in [-0.3, -0.25) is 0 Å². The van der Waals surface area contributed by atoms with E-state index in [0.717, 1.165) is 6.07 Å². The molecule has 0 amide bonds. The van der Waals surface area contributed by atoms with Crippen LogP contribution in [-0.4, -0.2) is 31.2 Å². The maximum absolute atomic E-state index is 12.5. The zero-order valence-corrected chi connectivity index (χ0v) is 17.2. The van der Waals surface area contributed by atoms with Gasteiger partial charge in [-0.1, -0.05) is 23.7 Å². The Bertz CT molecular complexity index is 791. The number of hydrogen-bond acceptors (Lipinski definition) is 4. The zero-order chi connectivity index (χ0) is 19.2. The van der Waals surface area contributed by atoms with Gasteiger partial charge in [-0.05, 0) is 18.2 Å². The molecular weight excluding hydrogens is 500 g/mol. The SMILES string of the molecule is COc1ccccc1NC(N)=NCCOc1ncc(C(F)(F)F)cc1Cl.I. The van der Waals surface area contributed by atoms with Crippen LogP contribution in [0.3, 0.4) is 0 Å². The number of methoxy groups -OCH3 is 1. The predicted octanol–water partition coefficient (Wildman–Crippen LogP) is 4.19. The monoisotopic (exact) mass is 516 g/mol. The average Bonchev–Trinajstić information content (AvgIpc) is 2.59. The number of aromatic nitrogens is 1. The second kappa shape index (κ2) is 10.4. The molecule has 0 saturated heterocycles. The third-order valence-electron chi connectivity index (χ3n) is 3.12. The number of hydrogen-bond donors (Lipinski definition) is 2. The van der Waals surface area contributed by atoms with Gasteiger partial charge in [0.1, 0.15) is 17.4 Å². The Balaban J connectivity index is 0.00000364. The molecule has 6 nitrogen and oxygen atoms in total. The van der Waals surface area contributed by atoms with Crippen LogP contribution >= 0.6 is 35.6 Å². The highest BCUT2D eigenvalue weighted by Crippen LogP contribution is 2.33. The first-order valence-corrected chi connectivity index (χ1v) is 7.74.